The number of hydrogen-bond acceptors (Lipinski definition) is 2. The Morgan fingerprint density at radius 3 is 2.55 bits per heavy atom. The third-order valence-electron chi connectivity index (χ3n) is 1.38. The van der Waals surface area contributed by atoms with Crippen LogP contribution < -0.4 is 5.73 Å². The summed E-state index contributed by atoms with van der Waals surface area (Å²) in [5.74, 6) is 0.270. The fourth-order valence-electron chi connectivity index (χ4n) is 0.822. The molecule has 60 valence electrons. The first-order valence-electron chi connectivity index (χ1n) is 3.12. The average Bonchev–Trinajstić information content (AvgIpc) is 1.85. The largest absolute Gasteiger partial charge is 0.384 e. The monoisotopic (exact) mass is 158 g/mol. The summed E-state index contributed by atoms with van der Waals surface area (Å²) in [6, 6.07) is 2.66. The van der Waals surface area contributed by atoms with E-state index in [4.69, 9.17) is 5.73 Å². The van der Waals surface area contributed by atoms with E-state index in [1.165, 1.54) is 19.1 Å². The highest BCUT2D eigenvalue weighted by Crippen LogP contribution is 2.21. The molecular formula is C7H8F2N2. The van der Waals surface area contributed by atoms with Crippen LogP contribution in [0.2, 0.25) is 0 Å². The van der Waals surface area contributed by atoms with Crippen molar-refractivity contribution >= 4 is 5.82 Å². The zero-order valence-electron chi connectivity index (χ0n) is 6.01. The van der Waals surface area contributed by atoms with Crippen molar-refractivity contribution in [2.75, 3.05) is 5.73 Å². The summed E-state index contributed by atoms with van der Waals surface area (Å²) in [5, 5.41) is 0. The molecule has 1 aromatic heterocycles. The molecule has 0 saturated heterocycles. The van der Waals surface area contributed by atoms with Gasteiger partial charge in [0.15, 0.2) is 0 Å². The van der Waals surface area contributed by atoms with Crippen molar-refractivity contribution in [3.05, 3.63) is 23.4 Å². The molecule has 2 nitrogen and oxygen atoms in total. The molecule has 0 aliphatic heterocycles. The molecule has 4 heteroatoms. The second kappa shape index (κ2) is 2.82. The Bertz CT molecular complexity index is 261. The summed E-state index contributed by atoms with van der Waals surface area (Å²) in [5.41, 5.74) is 5.51. The number of pyridine rings is 1. The second-order valence-corrected chi connectivity index (χ2v) is 2.21. The quantitative estimate of drug-likeness (QED) is 0.678. The highest BCUT2D eigenvalue weighted by molar-refractivity contribution is 5.34. The first-order valence-corrected chi connectivity index (χ1v) is 3.12. The first kappa shape index (κ1) is 7.91. The Kier molecular flexibility index (Phi) is 2.03. The minimum Gasteiger partial charge on any atom is -0.384 e. The number of nitrogens with two attached hydrogens (primary N) is 1. The molecule has 0 radical (unpaired) electrons. The molecule has 0 aliphatic carbocycles. The lowest BCUT2D eigenvalue weighted by Crippen LogP contribution is -1.96. The van der Waals surface area contributed by atoms with E-state index in [0.717, 1.165) is 0 Å². The van der Waals surface area contributed by atoms with Crippen molar-refractivity contribution in [3.63, 3.8) is 0 Å². The van der Waals surface area contributed by atoms with Gasteiger partial charge in [-0.25, -0.2) is 13.8 Å². The number of nitrogen functional groups attached to an aromatic ring is 1. The van der Waals surface area contributed by atoms with Crippen LogP contribution in [0.1, 0.15) is 17.7 Å². The van der Waals surface area contributed by atoms with E-state index >= 15 is 0 Å². The van der Waals surface area contributed by atoms with Gasteiger partial charge in [-0.2, -0.15) is 0 Å². The lowest BCUT2D eigenvalue weighted by atomic mass is 10.2. The van der Waals surface area contributed by atoms with Crippen molar-refractivity contribution in [1.82, 2.24) is 4.98 Å². The van der Waals surface area contributed by atoms with E-state index in [1.807, 2.05) is 0 Å². The van der Waals surface area contributed by atoms with E-state index in [1.54, 1.807) is 0 Å². The summed E-state index contributed by atoms with van der Waals surface area (Å²) < 4.78 is 24.2. The van der Waals surface area contributed by atoms with Gasteiger partial charge in [0.05, 0.1) is 0 Å². The topological polar surface area (TPSA) is 38.9 Å². The van der Waals surface area contributed by atoms with E-state index < -0.39 is 6.43 Å². The van der Waals surface area contributed by atoms with Gasteiger partial charge in [0.25, 0.3) is 6.43 Å². The van der Waals surface area contributed by atoms with Gasteiger partial charge in [-0.3, -0.25) is 0 Å². The van der Waals surface area contributed by atoms with Crippen LogP contribution in [0.4, 0.5) is 14.6 Å². The molecule has 0 spiro atoms. The number of halogens is 2. The molecule has 11 heavy (non-hydrogen) atoms. The minimum atomic E-state index is -2.47. The molecule has 1 heterocycles. The van der Waals surface area contributed by atoms with Gasteiger partial charge >= 0.3 is 0 Å². The Morgan fingerprint density at radius 2 is 2.09 bits per heavy atom. The molecular weight excluding hydrogens is 150 g/mol. The zero-order valence-corrected chi connectivity index (χ0v) is 6.01. The maximum absolute atomic E-state index is 12.1. The standard InChI is InChI=1S/C7H8F2N2/c1-4-5(7(8)9)2-3-6(10)11-4/h2-3,7H,1H3,(H2,10,11). The summed E-state index contributed by atoms with van der Waals surface area (Å²) in [6.07, 6.45) is -2.47. The van der Waals surface area contributed by atoms with E-state index in [-0.39, 0.29) is 11.4 Å². The predicted octanol–water partition coefficient (Wildman–Crippen LogP) is 1.91. The van der Waals surface area contributed by atoms with Gasteiger partial charge in [0.1, 0.15) is 5.82 Å². The van der Waals surface area contributed by atoms with Crippen LogP contribution >= 0.6 is 0 Å². The van der Waals surface area contributed by atoms with Gasteiger partial charge in [-0.1, -0.05) is 0 Å². The summed E-state index contributed by atoms with van der Waals surface area (Å²) in [6.45, 7) is 1.51. The third-order valence-corrected chi connectivity index (χ3v) is 1.38. The normalized spacial score (nSPS) is 10.5. The van der Waals surface area contributed by atoms with E-state index in [2.05, 4.69) is 4.98 Å². The van der Waals surface area contributed by atoms with Gasteiger partial charge < -0.3 is 5.73 Å². The van der Waals surface area contributed by atoms with Crippen molar-refractivity contribution in [3.8, 4) is 0 Å². The molecule has 0 bridgehead atoms. The zero-order chi connectivity index (χ0) is 8.43. The molecule has 2 N–H and O–H groups in total. The van der Waals surface area contributed by atoms with Crippen LogP contribution in [0, 0.1) is 6.92 Å². The maximum atomic E-state index is 12.1. The summed E-state index contributed by atoms with van der Waals surface area (Å²) >= 11 is 0. The van der Waals surface area contributed by atoms with Gasteiger partial charge in [0.2, 0.25) is 0 Å². The Hall–Kier alpha value is -1.19. The van der Waals surface area contributed by atoms with E-state index in [0.29, 0.717) is 5.69 Å². The number of aryl methyl sites for hydroxylation is 1. The molecule has 1 aromatic rings. The number of hydrogen-bond donors (Lipinski definition) is 1. The van der Waals surface area contributed by atoms with Gasteiger partial charge in [0, 0.05) is 11.3 Å². The van der Waals surface area contributed by atoms with Crippen molar-refractivity contribution in [2.24, 2.45) is 0 Å². The van der Waals surface area contributed by atoms with Crippen molar-refractivity contribution in [2.45, 2.75) is 13.3 Å². The number of aromatic nitrogens is 1. The van der Waals surface area contributed by atoms with Crippen molar-refractivity contribution < 1.29 is 8.78 Å². The summed E-state index contributed by atoms with van der Waals surface area (Å²) in [7, 11) is 0. The third kappa shape index (κ3) is 1.63. The fourth-order valence-corrected chi connectivity index (χ4v) is 0.822. The minimum absolute atomic E-state index is 0.0563. The Morgan fingerprint density at radius 1 is 1.45 bits per heavy atom. The van der Waals surface area contributed by atoms with Crippen LogP contribution in [-0.4, -0.2) is 4.98 Å². The number of nitrogens with zero attached hydrogens (tertiary/aromatic N) is 1. The van der Waals surface area contributed by atoms with Crippen LogP contribution in [0.25, 0.3) is 0 Å². The van der Waals surface area contributed by atoms with Crippen molar-refractivity contribution in [1.29, 1.82) is 0 Å². The van der Waals surface area contributed by atoms with Crippen LogP contribution in [-0.2, 0) is 0 Å². The number of anilines is 1. The lowest BCUT2D eigenvalue weighted by molar-refractivity contribution is 0.150. The Labute approximate surface area is 63.1 Å². The molecule has 0 fully saturated rings. The molecule has 0 saturated carbocycles. The molecule has 0 aliphatic rings. The maximum Gasteiger partial charge on any atom is 0.265 e. The highest BCUT2D eigenvalue weighted by atomic mass is 19.3. The lowest BCUT2D eigenvalue weighted by Gasteiger charge is -2.02. The van der Waals surface area contributed by atoms with E-state index in [9.17, 15) is 8.78 Å². The molecule has 0 unspecified atom stereocenters. The predicted molar refractivity (Wildman–Crippen MR) is 38.3 cm³/mol. The number of rotatable bonds is 1. The summed E-state index contributed by atoms with van der Waals surface area (Å²) in [4.78, 5) is 3.69. The molecule has 0 atom stereocenters. The smallest absolute Gasteiger partial charge is 0.265 e. The Balaban J connectivity index is 3.09. The first-order chi connectivity index (χ1) is 5.11. The van der Waals surface area contributed by atoms with Crippen LogP contribution in [0.3, 0.4) is 0 Å². The van der Waals surface area contributed by atoms with Gasteiger partial charge in [-0.15, -0.1) is 0 Å². The average molecular weight is 158 g/mol. The fraction of sp³-hybridized carbons (Fsp3) is 0.286. The number of alkyl halides is 2. The van der Waals surface area contributed by atoms with Crippen LogP contribution in [0.15, 0.2) is 12.1 Å². The molecule has 1 rings (SSSR count). The van der Waals surface area contributed by atoms with Crippen LogP contribution in [0.5, 0.6) is 0 Å². The SMILES string of the molecule is Cc1nc(N)ccc1C(F)F. The second-order valence-electron chi connectivity index (χ2n) is 2.21. The highest BCUT2D eigenvalue weighted by Gasteiger charge is 2.10. The molecule has 0 amide bonds. The molecule has 0 aromatic carbocycles. The van der Waals surface area contributed by atoms with Gasteiger partial charge in [-0.05, 0) is 19.1 Å².